The van der Waals surface area contributed by atoms with Gasteiger partial charge in [0, 0.05) is 7.05 Å². The molecule has 11 heteroatoms. The van der Waals surface area contributed by atoms with E-state index in [9.17, 15) is 22.8 Å². The average Bonchev–Trinajstić information content (AvgIpc) is 2.57. The van der Waals surface area contributed by atoms with Gasteiger partial charge in [0.25, 0.3) is 5.91 Å². The molecule has 0 unspecified atom stereocenters. The SMILES string of the molecule is CON(C)C(=O)[C@H](CC(=O)NS(C)(=O)=O)NC(=O)OCc1ccccc1. The van der Waals surface area contributed by atoms with Gasteiger partial charge >= 0.3 is 6.09 Å². The van der Waals surface area contributed by atoms with E-state index < -0.39 is 40.4 Å². The highest BCUT2D eigenvalue weighted by Crippen LogP contribution is 2.03. The lowest BCUT2D eigenvalue weighted by atomic mass is 10.2. The summed E-state index contributed by atoms with van der Waals surface area (Å²) in [7, 11) is -1.29. The number of ether oxygens (including phenoxy) is 1. The number of hydrogen-bond acceptors (Lipinski definition) is 7. The van der Waals surface area contributed by atoms with Crippen molar-refractivity contribution in [3.63, 3.8) is 0 Å². The largest absolute Gasteiger partial charge is 0.445 e. The van der Waals surface area contributed by atoms with E-state index in [1.165, 1.54) is 14.2 Å². The Morgan fingerprint density at radius 1 is 1.19 bits per heavy atom. The Kier molecular flexibility index (Phi) is 8.00. The van der Waals surface area contributed by atoms with Crippen molar-refractivity contribution in [3.8, 4) is 0 Å². The Labute approximate surface area is 151 Å². The Morgan fingerprint density at radius 2 is 1.81 bits per heavy atom. The van der Waals surface area contributed by atoms with Crippen molar-refractivity contribution in [1.82, 2.24) is 15.1 Å². The maximum Gasteiger partial charge on any atom is 0.408 e. The average molecular weight is 387 g/mol. The monoisotopic (exact) mass is 387 g/mol. The van der Waals surface area contributed by atoms with Gasteiger partial charge in [-0.15, -0.1) is 0 Å². The first-order chi connectivity index (χ1) is 12.1. The lowest BCUT2D eigenvalue weighted by molar-refractivity contribution is -0.171. The number of hydrogen-bond donors (Lipinski definition) is 2. The van der Waals surface area contributed by atoms with Crippen LogP contribution >= 0.6 is 0 Å². The van der Waals surface area contributed by atoms with E-state index in [0.717, 1.165) is 16.9 Å². The van der Waals surface area contributed by atoms with Crippen LogP contribution in [0.1, 0.15) is 12.0 Å². The maximum absolute atomic E-state index is 12.2. The van der Waals surface area contributed by atoms with Crippen molar-refractivity contribution in [2.45, 2.75) is 19.1 Å². The quantitative estimate of drug-likeness (QED) is 0.589. The van der Waals surface area contributed by atoms with E-state index in [0.29, 0.717) is 0 Å². The summed E-state index contributed by atoms with van der Waals surface area (Å²) in [5.74, 6) is -1.72. The summed E-state index contributed by atoms with van der Waals surface area (Å²) < 4.78 is 28.9. The number of carbonyl (C=O) groups is 3. The Balaban J connectivity index is 2.72. The van der Waals surface area contributed by atoms with Crippen molar-refractivity contribution >= 4 is 27.9 Å². The molecule has 2 N–H and O–H groups in total. The van der Waals surface area contributed by atoms with Crippen LogP contribution in [0.15, 0.2) is 30.3 Å². The molecule has 3 amide bonds. The van der Waals surface area contributed by atoms with E-state index in [-0.39, 0.29) is 6.61 Å². The standard InChI is InChI=1S/C15H21N3O7S/c1-18(24-2)14(20)12(9-13(19)17-26(3,22)23)16-15(21)25-10-11-7-5-4-6-8-11/h4-8,12H,9-10H2,1-3H3,(H,16,21)(H,17,19)/t12-/m0/s1. The smallest absolute Gasteiger partial charge is 0.408 e. The zero-order chi connectivity index (χ0) is 19.7. The molecule has 0 aromatic heterocycles. The third-order valence-electron chi connectivity index (χ3n) is 3.08. The molecule has 0 heterocycles. The number of amides is 3. The van der Waals surface area contributed by atoms with Gasteiger partial charge in [0.05, 0.1) is 19.8 Å². The topological polar surface area (TPSA) is 131 Å². The van der Waals surface area contributed by atoms with Crippen LogP contribution in [0.5, 0.6) is 0 Å². The molecular formula is C15H21N3O7S. The molecule has 0 saturated heterocycles. The van der Waals surface area contributed by atoms with Gasteiger partial charge in [-0.05, 0) is 5.56 Å². The second kappa shape index (κ2) is 9.73. The highest BCUT2D eigenvalue weighted by Gasteiger charge is 2.28. The molecule has 144 valence electrons. The van der Waals surface area contributed by atoms with E-state index in [4.69, 9.17) is 9.57 Å². The molecule has 10 nitrogen and oxygen atoms in total. The maximum atomic E-state index is 12.2. The van der Waals surface area contributed by atoms with Crippen molar-refractivity contribution in [2.75, 3.05) is 20.4 Å². The number of alkyl carbamates (subject to hydrolysis) is 1. The molecule has 26 heavy (non-hydrogen) atoms. The lowest BCUT2D eigenvalue weighted by Gasteiger charge is -2.22. The first-order valence-corrected chi connectivity index (χ1v) is 9.31. The number of likely N-dealkylation sites (N-methyl/N-ethyl adjacent to an activating group) is 1. The van der Waals surface area contributed by atoms with E-state index in [1.807, 2.05) is 0 Å². The van der Waals surface area contributed by atoms with Crippen molar-refractivity contribution < 1.29 is 32.4 Å². The molecule has 1 atom stereocenters. The van der Waals surface area contributed by atoms with Crippen molar-refractivity contribution in [3.05, 3.63) is 35.9 Å². The zero-order valence-corrected chi connectivity index (χ0v) is 15.4. The summed E-state index contributed by atoms with van der Waals surface area (Å²) in [6, 6.07) is 7.46. The van der Waals surface area contributed by atoms with E-state index in [2.05, 4.69) is 5.32 Å². The van der Waals surface area contributed by atoms with Crippen LogP contribution in [0.2, 0.25) is 0 Å². The highest BCUT2D eigenvalue weighted by molar-refractivity contribution is 7.89. The molecule has 1 aromatic carbocycles. The number of benzene rings is 1. The normalized spacial score (nSPS) is 12.0. The fourth-order valence-electron chi connectivity index (χ4n) is 1.85. The van der Waals surface area contributed by atoms with E-state index in [1.54, 1.807) is 35.1 Å². The molecule has 0 spiro atoms. The van der Waals surface area contributed by atoms with Gasteiger partial charge in [-0.25, -0.2) is 18.3 Å². The van der Waals surface area contributed by atoms with Crippen molar-refractivity contribution in [2.24, 2.45) is 0 Å². The Morgan fingerprint density at radius 3 is 2.35 bits per heavy atom. The van der Waals surface area contributed by atoms with Gasteiger partial charge in [-0.2, -0.15) is 0 Å². The number of hydroxylamine groups is 2. The van der Waals surface area contributed by atoms with Crippen LogP contribution in [-0.2, 0) is 35.8 Å². The summed E-state index contributed by atoms with van der Waals surface area (Å²) in [5, 5.41) is 3.03. The van der Waals surface area contributed by atoms with Crippen LogP contribution in [-0.4, -0.2) is 57.8 Å². The number of sulfonamides is 1. The number of nitrogens with zero attached hydrogens (tertiary/aromatic N) is 1. The van der Waals surface area contributed by atoms with Gasteiger partial charge in [-0.1, -0.05) is 30.3 Å². The Hall–Kier alpha value is -2.66. The molecular weight excluding hydrogens is 366 g/mol. The summed E-state index contributed by atoms with van der Waals surface area (Å²) in [5.41, 5.74) is 0.731. The van der Waals surface area contributed by atoms with Crippen LogP contribution < -0.4 is 10.0 Å². The summed E-state index contributed by atoms with van der Waals surface area (Å²) >= 11 is 0. The predicted octanol–water partition coefficient (Wildman–Crippen LogP) is -0.233. The van der Waals surface area contributed by atoms with Gasteiger partial charge in [-0.3, -0.25) is 19.1 Å². The molecule has 0 bridgehead atoms. The molecule has 0 aliphatic heterocycles. The van der Waals surface area contributed by atoms with Gasteiger partial charge in [0.15, 0.2) is 0 Å². The first kappa shape index (κ1) is 21.4. The molecule has 0 saturated carbocycles. The number of nitrogens with one attached hydrogen (secondary N) is 2. The minimum absolute atomic E-state index is 0.0385. The lowest BCUT2D eigenvalue weighted by Crippen LogP contribution is -2.49. The van der Waals surface area contributed by atoms with Crippen LogP contribution in [0.25, 0.3) is 0 Å². The van der Waals surface area contributed by atoms with Gasteiger partial charge < -0.3 is 10.1 Å². The minimum Gasteiger partial charge on any atom is -0.445 e. The van der Waals surface area contributed by atoms with Crippen LogP contribution in [0.4, 0.5) is 4.79 Å². The fraction of sp³-hybridized carbons (Fsp3) is 0.400. The third kappa shape index (κ3) is 7.94. The second-order valence-electron chi connectivity index (χ2n) is 5.28. The van der Waals surface area contributed by atoms with Crippen molar-refractivity contribution in [1.29, 1.82) is 0 Å². The predicted molar refractivity (Wildman–Crippen MR) is 90.9 cm³/mol. The molecule has 1 rings (SSSR count). The third-order valence-corrected chi connectivity index (χ3v) is 3.67. The minimum atomic E-state index is -3.79. The fourth-order valence-corrected chi connectivity index (χ4v) is 2.35. The second-order valence-corrected chi connectivity index (χ2v) is 7.03. The van der Waals surface area contributed by atoms with Gasteiger partial charge in [0.1, 0.15) is 12.6 Å². The number of carbonyl (C=O) groups excluding carboxylic acids is 3. The molecule has 0 aliphatic rings. The Bertz CT molecular complexity index is 737. The first-order valence-electron chi connectivity index (χ1n) is 7.42. The van der Waals surface area contributed by atoms with Crippen LogP contribution in [0.3, 0.4) is 0 Å². The summed E-state index contributed by atoms with van der Waals surface area (Å²) in [6.45, 7) is -0.0385. The molecule has 0 radical (unpaired) electrons. The highest BCUT2D eigenvalue weighted by atomic mass is 32.2. The van der Waals surface area contributed by atoms with E-state index >= 15 is 0 Å². The molecule has 0 fully saturated rings. The van der Waals surface area contributed by atoms with Gasteiger partial charge in [0.2, 0.25) is 15.9 Å². The number of rotatable bonds is 8. The summed E-state index contributed by atoms with van der Waals surface area (Å²) in [6.07, 6.45) is -0.756. The molecule has 0 aliphatic carbocycles. The van der Waals surface area contributed by atoms with Crippen LogP contribution in [0, 0.1) is 0 Å². The molecule has 1 aromatic rings. The zero-order valence-electron chi connectivity index (χ0n) is 14.6. The summed E-state index contributed by atoms with van der Waals surface area (Å²) in [4.78, 5) is 40.6.